The molecule has 0 amide bonds. The maximum atomic E-state index is 3.40. The molecule has 0 unspecified atom stereocenters. The van der Waals surface area contributed by atoms with Gasteiger partial charge in [0.2, 0.25) is 5.52 Å². The Labute approximate surface area is 158 Å². The Hall–Kier alpha value is -1.40. The minimum atomic E-state index is 0. The fraction of sp³-hybridized carbons (Fsp3) is 0.211. The summed E-state index contributed by atoms with van der Waals surface area (Å²) in [5.41, 5.74) is 3.69. The zero-order valence-corrected chi connectivity index (χ0v) is 16.4. The summed E-state index contributed by atoms with van der Waals surface area (Å²) < 4.78 is 3.57. The molecule has 0 saturated heterocycles. The molecule has 1 heterocycles. The van der Waals surface area contributed by atoms with Gasteiger partial charge >= 0.3 is 0 Å². The molecule has 0 atom stereocenters. The van der Waals surface area contributed by atoms with Crippen LogP contribution >= 0.6 is 11.3 Å². The lowest BCUT2D eigenvalue weighted by Crippen LogP contribution is -3.00. The first-order valence-electron chi connectivity index (χ1n) is 7.67. The number of anilines is 1. The largest absolute Gasteiger partial charge is 1.00 e. The quantitative estimate of drug-likeness (QED) is 0.476. The molecule has 3 aromatic rings. The van der Waals surface area contributed by atoms with Gasteiger partial charge in [0, 0.05) is 24.4 Å². The number of hydrogen-bond donors (Lipinski definition) is 1. The molecule has 3 rings (SSSR count). The summed E-state index contributed by atoms with van der Waals surface area (Å²) >= 11 is 1.82. The fourth-order valence-electron chi connectivity index (χ4n) is 2.42. The second-order valence-electron chi connectivity index (χ2n) is 5.35. The maximum absolute atomic E-state index is 3.40. The number of nitrogens with zero attached hydrogens (tertiary/aromatic N) is 1. The van der Waals surface area contributed by atoms with Gasteiger partial charge < -0.3 is 29.3 Å². The number of aromatic nitrogens is 1. The highest BCUT2D eigenvalue weighted by molar-refractivity contribution is 7.18. The molecule has 0 fully saturated rings. The van der Waals surface area contributed by atoms with Gasteiger partial charge in [-0.1, -0.05) is 42.5 Å². The van der Waals surface area contributed by atoms with E-state index >= 15 is 0 Å². The SMILES string of the molecule is CCCNc1ccc(/C=C/c2sc3ccccc3[n+]2C)cc1.[I-]. The molecule has 1 aromatic heterocycles. The van der Waals surface area contributed by atoms with Crippen LogP contribution in [0.2, 0.25) is 0 Å². The van der Waals surface area contributed by atoms with E-state index in [0.717, 1.165) is 13.0 Å². The number of halogens is 1. The van der Waals surface area contributed by atoms with Crippen molar-refractivity contribution < 1.29 is 28.5 Å². The number of aryl methyl sites for hydroxylation is 1. The van der Waals surface area contributed by atoms with E-state index in [9.17, 15) is 0 Å². The van der Waals surface area contributed by atoms with Crippen molar-refractivity contribution in [2.45, 2.75) is 13.3 Å². The molecule has 0 aliphatic heterocycles. The standard InChI is InChI=1S/C19H20N2S.HI/c1-3-14-20-16-11-8-15(9-12-16)10-13-19-21(2)17-6-4-5-7-18(17)22-19;/h4-13H,3,14H2,1-2H3;1H. The third-order valence-electron chi connectivity index (χ3n) is 3.68. The van der Waals surface area contributed by atoms with Crippen LogP contribution in [0, 0.1) is 0 Å². The predicted octanol–water partition coefficient (Wildman–Crippen LogP) is 1.72. The minimum Gasteiger partial charge on any atom is -1.00 e. The van der Waals surface area contributed by atoms with Crippen molar-refractivity contribution in [1.29, 1.82) is 0 Å². The van der Waals surface area contributed by atoms with Crippen LogP contribution < -0.4 is 33.9 Å². The molecule has 2 nitrogen and oxygen atoms in total. The Morgan fingerprint density at radius 1 is 1.04 bits per heavy atom. The Morgan fingerprint density at radius 3 is 2.48 bits per heavy atom. The highest BCUT2D eigenvalue weighted by Crippen LogP contribution is 2.21. The van der Waals surface area contributed by atoms with E-state index in [1.165, 1.54) is 26.5 Å². The lowest BCUT2D eigenvalue weighted by Gasteiger charge is -2.04. The first-order chi connectivity index (χ1) is 10.8. The first kappa shape index (κ1) is 17.9. The molecular formula is C19H21IN2S. The van der Waals surface area contributed by atoms with Crippen molar-refractivity contribution >= 4 is 39.4 Å². The van der Waals surface area contributed by atoms with Gasteiger partial charge in [0.05, 0.1) is 0 Å². The first-order valence-corrected chi connectivity index (χ1v) is 8.49. The Balaban J connectivity index is 0.00000192. The van der Waals surface area contributed by atoms with Gasteiger partial charge in [-0.05, 0) is 36.3 Å². The monoisotopic (exact) mass is 436 g/mol. The number of thiazole rings is 1. The number of benzene rings is 2. The van der Waals surface area contributed by atoms with Crippen molar-refractivity contribution in [1.82, 2.24) is 0 Å². The number of fused-ring (bicyclic) bond motifs is 1. The molecule has 0 bridgehead atoms. The molecule has 0 spiro atoms. The van der Waals surface area contributed by atoms with E-state index in [1.54, 1.807) is 0 Å². The van der Waals surface area contributed by atoms with Gasteiger partial charge in [0.25, 0.3) is 5.01 Å². The fourth-order valence-corrected chi connectivity index (χ4v) is 3.47. The second-order valence-corrected chi connectivity index (χ2v) is 6.41. The molecule has 1 N–H and O–H groups in total. The smallest absolute Gasteiger partial charge is 0.262 e. The second kappa shape index (κ2) is 8.45. The van der Waals surface area contributed by atoms with Crippen molar-refractivity contribution in [3.63, 3.8) is 0 Å². The molecule has 0 saturated carbocycles. The highest BCUT2D eigenvalue weighted by Gasteiger charge is 2.13. The molecule has 4 heteroatoms. The average molecular weight is 436 g/mol. The van der Waals surface area contributed by atoms with E-state index in [4.69, 9.17) is 0 Å². The zero-order valence-electron chi connectivity index (χ0n) is 13.4. The molecule has 0 aliphatic carbocycles. The van der Waals surface area contributed by atoms with Gasteiger partial charge in [-0.15, -0.1) is 0 Å². The number of hydrogen-bond acceptors (Lipinski definition) is 2. The van der Waals surface area contributed by atoms with Crippen molar-refractivity contribution in [2.24, 2.45) is 7.05 Å². The van der Waals surface area contributed by atoms with Crippen LogP contribution in [-0.4, -0.2) is 6.54 Å². The van der Waals surface area contributed by atoms with Crippen LogP contribution in [0.15, 0.2) is 48.5 Å². The minimum absolute atomic E-state index is 0. The summed E-state index contributed by atoms with van der Waals surface area (Å²) in [5.74, 6) is 0. The molecule has 23 heavy (non-hydrogen) atoms. The molecule has 2 aromatic carbocycles. The van der Waals surface area contributed by atoms with E-state index in [1.807, 2.05) is 11.3 Å². The average Bonchev–Trinajstić information content (AvgIpc) is 2.88. The summed E-state index contributed by atoms with van der Waals surface area (Å²) in [6, 6.07) is 17.1. The highest BCUT2D eigenvalue weighted by atomic mass is 127. The lowest BCUT2D eigenvalue weighted by molar-refractivity contribution is -0.642. The maximum Gasteiger partial charge on any atom is 0.262 e. The van der Waals surface area contributed by atoms with Crippen LogP contribution in [0.4, 0.5) is 5.69 Å². The van der Waals surface area contributed by atoms with Gasteiger partial charge in [0.1, 0.15) is 11.7 Å². The topological polar surface area (TPSA) is 15.9 Å². The van der Waals surface area contributed by atoms with Crippen molar-refractivity contribution in [2.75, 3.05) is 11.9 Å². The number of rotatable bonds is 5. The predicted molar refractivity (Wildman–Crippen MR) is 97.2 cm³/mol. The molecule has 0 radical (unpaired) electrons. The van der Waals surface area contributed by atoms with Crippen LogP contribution in [0.3, 0.4) is 0 Å². The van der Waals surface area contributed by atoms with Gasteiger partial charge in [-0.3, -0.25) is 0 Å². The van der Waals surface area contributed by atoms with E-state index in [0.29, 0.717) is 0 Å². The van der Waals surface area contributed by atoms with Crippen LogP contribution in [0.25, 0.3) is 22.4 Å². The molecular weight excluding hydrogens is 415 g/mol. The zero-order chi connectivity index (χ0) is 15.4. The van der Waals surface area contributed by atoms with Crippen molar-refractivity contribution in [3.05, 3.63) is 59.1 Å². The summed E-state index contributed by atoms with van der Waals surface area (Å²) in [5, 5.41) is 4.65. The van der Waals surface area contributed by atoms with Gasteiger partial charge in [-0.2, -0.15) is 4.57 Å². The Kier molecular flexibility index (Phi) is 6.59. The summed E-state index contributed by atoms with van der Waals surface area (Å²) in [7, 11) is 2.12. The summed E-state index contributed by atoms with van der Waals surface area (Å²) in [4.78, 5) is 0. The Morgan fingerprint density at radius 2 is 1.78 bits per heavy atom. The summed E-state index contributed by atoms with van der Waals surface area (Å²) in [6.45, 7) is 3.20. The van der Waals surface area contributed by atoms with Crippen LogP contribution in [-0.2, 0) is 7.05 Å². The van der Waals surface area contributed by atoms with Gasteiger partial charge in [0.15, 0.2) is 0 Å². The van der Waals surface area contributed by atoms with Crippen LogP contribution in [0.1, 0.15) is 23.9 Å². The number of para-hydroxylation sites is 1. The van der Waals surface area contributed by atoms with E-state index in [-0.39, 0.29) is 24.0 Å². The lowest BCUT2D eigenvalue weighted by atomic mass is 10.2. The molecule has 120 valence electrons. The molecule has 0 aliphatic rings. The normalized spacial score (nSPS) is 10.9. The van der Waals surface area contributed by atoms with Crippen LogP contribution in [0.5, 0.6) is 0 Å². The van der Waals surface area contributed by atoms with E-state index in [2.05, 4.69) is 84.5 Å². The Bertz CT molecular complexity index is 791. The summed E-state index contributed by atoms with van der Waals surface area (Å²) in [6.07, 6.45) is 5.51. The third kappa shape index (κ3) is 4.32. The van der Waals surface area contributed by atoms with Gasteiger partial charge in [-0.25, -0.2) is 0 Å². The van der Waals surface area contributed by atoms with Crippen molar-refractivity contribution in [3.8, 4) is 0 Å². The number of nitrogens with one attached hydrogen (secondary N) is 1. The third-order valence-corrected chi connectivity index (χ3v) is 4.86. The van der Waals surface area contributed by atoms with E-state index < -0.39 is 0 Å².